The van der Waals surface area contributed by atoms with Gasteiger partial charge in [-0.05, 0) is 29.2 Å². The number of nitriles is 1. The predicted octanol–water partition coefficient (Wildman–Crippen LogP) is 1.77. The Balaban J connectivity index is 1.98. The van der Waals surface area contributed by atoms with E-state index in [1.807, 2.05) is 6.07 Å². The van der Waals surface area contributed by atoms with Crippen LogP contribution in [0.15, 0.2) is 30.5 Å². The van der Waals surface area contributed by atoms with Gasteiger partial charge in [-0.2, -0.15) is 5.26 Å². The number of H-pyrrole nitrogens is 1. The van der Waals surface area contributed by atoms with Crippen LogP contribution in [0, 0.1) is 21.4 Å². The van der Waals surface area contributed by atoms with Gasteiger partial charge in [0, 0.05) is 0 Å². The number of nitrogens with zero attached hydrogens (tertiary/aromatic N) is 3. The van der Waals surface area contributed by atoms with Crippen LogP contribution in [0.5, 0.6) is 5.75 Å². The molecule has 1 aromatic carbocycles. The molecule has 2 rings (SSSR count). The largest absolute Gasteiger partial charge is 0.483 e. The fraction of sp³-hybridized carbons (Fsp3) is 0.0909. The third kappa shape index (κ3) is 2.62. The summed E-state index contributed by atoms with van der Waals surface area (Å²) >= 11 is 0. The lowest BCUT2D eigenvalue weighted by Crippen LogP contribution is -1.98. The van der Waals surface area contributed by atoms with E-state index in [0.717, 1.165) is 6.20 Å². The number of hydrogen-bond donors (Lipinski definition) is 1. The number of nitrogens with one attached hydrogen (secondary N) is 1. The van der Waals surface area contributed by atoms with Crippen molar-refractivity contribution in [1.29, 1.82) is 5.26 Å². The van der Waals surface area contributed by atoms with E-state index in [4.69, 9.17) is 10.00 Å². The minimum atomic E-state index is -0.557. The Morgan fingerprint density at radius 1 is 1.44 bits per heavy atom. The maximum Gasteiger partial charge on any atom is 0.340 e. The van der Waals surface area contributed by atoms with Crippen LogP contribution in [-0.2, 0) is 6.61 Å². The molecule has 2 aromatic rings. The van der Waals surface area contributed by atoms with E-state index in [2.05, 4.69) is 9.97 Å². The number of benzene rings is 1. The van der Waals surface area contributed by atoms with E-state index in [-0.39, 0.29) is 12.4 Å². The van der Waals surface area contributed by atoms with Crippen LogP contribution in [0.2, 0.25) is 0 Å². The normalized spacial score (nSPS) is 9.72. The summed E-state index contributed by atoms with van der Waals surface area (Å²) in [5, 5.41) is 19.0. The first-order chi connectivity index (χ1) is 8.69. The Morgan fingerprint density at radius 3 is 2.72 bits per heavy atom. The molecule has 0 amide bonds. The molecule has 0 saturated heterocycles. The molecule has 0 atom stereocenters. The van der Waals surface area contributed by atoms with Crippen molar-refractivity contribution in [1.82, 2.24) is 9.97 Å². The highest BCUT2D eigenvalue weighted by atomic mass is 16.6. The average molecular weight is 244 g/mol. The summed E-state index contributed by atoms with van der Waals surface area (Å²) in [5.74, 6) is 0.757. The summed E-state index contributed by atoms with van der Waals surface area (Å²) < 4.78 is 5.36. The smallest absolute Gasteiger partial charge is 0.340 e. The molecular formula is C11H8N4O3. The van der Waals surface area contributed by atoms with Crippen molar-refractivity contribution in [3.8, 4) is 11.8 Å². The quantitative estimate of drug-likeness (QED) is 0.651. The van der Waals surface area contributed by atoms with Gasteiger partial charge in [0.25, 0.3) is 0 Å². The van der Waals surface area contributed by atoms with E-state index in [1.54, 1.807) is 24.3 Å². The number of imidazole rings is 1. The lowest BCUT2D eigenvalue weighted by molar-refractivity contribution is -0.389. The van der Waals surface area contributed by atoms with Gasteiger partial charge >= 0.3 is 5.82 Å². The molecule has 90 valence electrons. The summed E-state index contributed by atoms with van der Waals surface area (Å²) in [4.78, 5) is 16.2. The zero-order valence-electron chi connectivity index (χ0n) is 9.16. The van der Waals surface area contributed by atoms with Crippen molar-refractivity contribution < 1.29 is 9.66 Å². The predicted molar refractivity (Wildman–Crippen MR) is 60.7 cm³/mol. The Hall–Kier alpha value is -2.88. The number of rotatable bonds is 4. The molecule has 0 bridgehead atoms. The summed E-state index contributed by atoms with van der Waals surface area (Å²) in [6, 6.07) is 8.54. The SMILES string of the molecule is N#Cc1ccc(OCc2ncc([N+](=O)[O-])[nH]2)cc1. The molecule has 0 aliphatic rings. The summed E-state index contributed by atoms with van der Waals surface area (Å²) in [6.45, 7) is 0.0970. The summed E-state index contributed by atoms with van der Waals surface area (Å²) in [5.41, 5.74) is 0.538. The Labute approximate surface area is 102 Å². The van der Waals surface area contributed by atoms with Crippen molar-refractivity contribution in [2.45, 2.75) is 6.61 Å². The number of aromatic amines is 1. The van der Waals surface area contributed by atoms with E-state index in [9.17, 15) is 10.1 Å². The van der Waals surface area contributed by atoms with Gasteiger partial charge in [0.1, 0.15) is 11.9 Å². The van der Waals surface area contributed by atoms with Gasteiger partial charge in [-0.25, -0.2) is 9.97 Å². The van der Waals surface area contributed by atoms with Crippen LogP contribution < -0.4 is 4.74 Å². The maximum atomic E-state index is 10.4. The molecule has 0 saturated carbocycles. The number of aromatic nitrogens is 2. The van der Waals surface area contributed by atoms with Gasteiger partial charge in [-0.3, -0.25) is 0 Å². The minimum Gasteiger partial charge on any atom is -0.483 e. The van der Waals surface area contributed by atoms with Crippen molar-refractivity contribution in [2.24, 2.45) is 0 Å². The first kappa shape index (κ1) is 11.6. The lowest BCUT2D eigenvalue weighted by atomic mass is 10.2. The maximum absolute atomic E-state index is 10.4. The zero-order valence-corrected chi connectivity index (χ0v) is 9.16. The molecule has 1 heterocycles. The van der Waals surface area contributed by atoms with E-state index in [1.165, 1.54) is 0 Å². The van der Waals surface area contributed by atoms with Crippen molar-refractivity contribution >= 4 is 5.82 Å². The van der Waals surface area contributed by atoms with Crippen molar-refractivity contribution in [3.05, 3.63) is 52.0 Å². The van der Waals surface area contributed by atoms with Crippen LogP contribution in [0.1, 0.15) is 11.4 Å². The second kappa shape index (κ2) is 4.97. The fourth-order valence-electron chi connectivity index (χ4n) is 1.29. The molecule has 0 aliphatic carbocycles. The molecule has 0 unspecified atom stereocenters. The number of nitro groups is 1. The van der Waals surface area contributed by atoms with Gasteiger partial charge < -0.3 is 14.9 Å². The molecular weight excluding hydrogens is 236 g/mol. The van der Waals surface area contributed by atoms with Gasteiger partial charge in [0.15, 0.2) is 6.61 Å². The van der Waals surface area contributed by atoms with Crippen LogP contribution in [-0.4, -0.2) is 14.9 Å². The first-order valence-corrected chi connectivity index (χ1v) is 5.00. The van der Waals surface area contributed by atoms with Gasteiger partial charge in [0.05, 0.1) is 11.6 Å². The first-order valence-electron chi connectivity index (χ1n) is 5.00. The lowest BCUT2D eigenvalue weighted by Gasteiger charge is -2.01. The monoisotopic (exact) mass is 244 g/mol. The molecule has 0 fully saturated rings. The van der Waals surface area contributed by atoms with Crippen molar-refractivity contribution in [2.75, 3.05) is 0 Å². The van der Waals surface area contributed by atoms with Crippen LogP contribution >= 0.6 is 0 Å². The van der Waals surface area contributed by atoms with E-state index >= 15 is 0 Å². The molecule has 0 aliphatic heterocycles. The molecule has 7 heteroatoms. The minimum absolute atomic E-state index is 0.0970. The molecule has 0 spiro atoms. The van der Waals surface area contributed by atoms with Gasteiger partial charge in [-0.15, -0.1) is 0 Å². The van der Waals surface area contributed by atoms with Crippen LogP contribution in [0.3, 0.4) is 0 Å². The number of ether oxygens (including phenoxy) is 1. The van der Waals surface area contributed by atoms with Gasteiger partial charge in [0.2, 0.25) is 5.82 Å². The van der Waals surface area contributed by atoms with E-state index < -0.39 is 4.92 Å². The molecule has 18 heavy (non-hydrogen) atoms. The highest BCUT2D eigenvalue weighted by Crippen LogP contribution is 2.14. The van der Waals surface area contributed by atoms with E-state index in [0.29, 0.717) is 17.1 Å². The second-order valence-electron chi connectivity index (χ2n) is 3.40. The van der Waals surface area contributed by atoms with Gasteiger partial charge in [-0.1, -0.05) is 0 Å². The zero-order chi connectivity index (χ0) is 13.0. The summed E-state index contributed by atoms with van der Waals surface area (Å²) in [7, 11) is 0. The highest BCUT2D eigenvalue weighted by Gasteiger charge is 2.10. The third-order valence-electron chi connectivity index (χ3n) is 2.17. The van der Waals surface area contributed by atoms with Crippen molar-refractivity contribution in [3.63, 3.8) is 0 Å². The molecule has 1 aromatic heterocycles. The fourth-order valence-corrected chi connectivity index (χ4v) is 1.29. The number of hydrogen-bond acceptors (Lipinski definition) is 5. The topological polar surface area (TPSA) is 105 Å². The molecule has 1 N–H and O–H groups in total. The Bertz CT molecular complexity index is 597. The molecule has 0 radical (unpaired) electrons. The average Bonchev–Trinajstić information content (AvgIpc) is 2.86. The summed E-state index contributed by atoms with van der Waals surface area (Å²) in [6.07, 6.45) is 1.14. The Kier molecular flexibility index (Phi) is 3.20. The highest BCUT2D eigenvalue weighted by molar-refractivity contribution is 5.34. The van der Waals surface area contributed by atoms with Crippen LogP contribution in [0.4, 0.5) is 5.82 Å². The third-order valence-corrected chi connectivity index (χ3v) is 2.17. The second-order valence-corrected chi connectivity index (χ2v) is 3.40. The molecule has 7 nitrogen and oxygen atoms in total. The van der Waals surface area contributed by atoms with Crippen LogP contribution in [0.25, 0.3) is 0 Å². The standard InChI is InChI=1S/C11H8N4O3/c12-5-8-1-3-9(4-2-8)18-7-10-13-6-11(14-10)15(16)17/h1-4,6H,7H2,(H,13,14). The Morgan fingerprint density at radius 2 is 2.17 bits per heavy atom.